The molecule has 0 aromatic carbocycles. The van der Waals surface area contributed by atoms with E-state index in [2.05, 4.69) is 73.6 Å². The Morgan fingerprint density at radius 1 is 1.14 bits per heavy atom. The molecule has 1 fully saturated rings. The van der Waals surface area contributed by atoms with Crippen LogP contribution >= 0.6 is 8.30 Å². The Bertz CT molecular complexity index is 334. The van der Waals surface area contributed by atoms with Gasteiger partial charge in [0.05, 0.1) is 6.10 Å². The van der Waals surface area contributed by atoms with Crippen molar-refractivity contribution >= 4 is 8.30 Å². The average Bonchev–Trinajstić information content (AvgIpc) is 2.49. The molecule has 0 aromatic rings. The summed E-state index contributed by atoms with van der Waals surface area (Å²) in [6, 6.07) is 1.08. The van der Waals surface area contributed by atoms with Gasteiger partial charge in [0.1, 0.15) is 8.30 Å². The summed E-state index contributed by atoms with van der Waals surface area (Å²) in [5.41, 5.74) is 0.644. The van der Waals surface area contributed by atoms with Gasteiger partial charge in [-0.15, -0.1) is 0 Å². The topological polar surface area (TPSA) is 12.5 Å². The van der Waals surface area contributed by atoms with Crippen molar-refractivity contribution in [2.75, 3.05) is 6.66 Å². The van der Waals surface area contributed by atoms with Gasteiger partial charge < -0.3 is 4.52 Å². The zero-order valence-corrected chi connectivity index (χ0v) is 16.9. The highest BCUT2D eigenvalue weighted by atomic mass is 31.2. The molecule has 0 amide bonds. The van der Waals surface area contributed by atoms with Crippen LogP contribution in [0.5, 0.6) is 0 Å². The average molecular weight is 315 g/mol. The fourth-order valence-electron chi connectivity index (χ4n) is 4.44. The molecule has 0 aromatic heterocycles. The standard InChI is InChI=1S/C18H38NOP/c1-11-18(9)12-15(6)16(17(18,7)8)20-21(10)19(13(2)3)14(4)5/h13-16H,11-12H2,1-10H3/t15-,16?,18+,21?/m1/s1. The fourth-order valence-corrected chi connectivity index (χ4v) is 6.65. The van der Waals surface area contributed by atoms with Crippen molar-refractivity contribution < 1.29 is 4.52 Å². The molecule has 1 saturated carbocycles. The molecule has 1 aliphatic rings. The Kier molecular flexibility index (Phi) is 6.33. The maximum absolute atomic E-state index is 6.71. The lowest BCUT2D eigenvalue weighted by Crippen LogP contribution is -2.40. The molecule has 1 rings (SSSR count). The number of hydrogen-bond donors (Lipinski definition) is 0. The first-order valence-corrected chi connectivity index (χ1v) is 10.3. The number of nitrogens with zero attached hydrogens (tertiary/aromatic N) is 1. The predicted octanol–water partition coefficient (Wildman–Crippen LogP) is 5.91. The van der Waals surface area contributed by atoms with Gasteiger partial charge in [-0.3, -0.25) is 4.67 Å². The van der Waals surface area contributed by atoms with Crippen molar-refractivity contribution in [1.82, 2.24) is 4.67 Å². The molecule has 0 radical (unpaired) electrons. The van der Waals surface area contributed by atoms with Crippen LogP contribution in [0.4, 0.5) is 0 Å². The molecule has 2 nitrogen and oxygen atoms in total. The first-order chi connectivity index (χ1) is 9.48. The van der Waals surface area contributed by atoms with Crippen LogP contribution in [0.1, 0.15) is 75.2 Å². The molecule has 0 bridgehead atoms. The van der Waals surface area contributed by atoms with Crippen LogP contribution in [-0.4, -0.2) is 29.5 Å². The minimum absolute atomic E-state index is 0.247. The summed E-state index contributed by atoms with van der Waals surface area (Å²) in [6.45, 7) is 23.4. The molecule has 126 valence electrons. The van der Waals surface area contributed by atoms with Gasteiger partial charge in [0.25, 0.3) is 0 Å². The van der Waals surface area contributed by atoms with Gasteiger partial charge in [-0.1, -0.05) is 41.0 Å². The van der Waals surface area contributed by atoms with Crippen LogP contribution in [0.25, 0.3) is 0 Å². The molecule has 1 aliphatic carbocycles. The zero-order valence-electron chi connectivity index (χ0n) is 16.0. The third kappa shape index (κ3) is 3.65. The van der Waals surface area contributed by atoms with Crippen LogP contribution in [0, 0.1) is 16.7 Å². The van der Waals surface area contributed by atoms with Gasteiger partial charge >= 0.3 is 0 Å². The highest BCUT2D eigenvalue weighted by Gasteiger charge is 2.55. The minimum Gasteiger partial charge on any atom is -0.340 e. The van der Waals surface area contributed by atoms with Crippen molar-refractivity contribution in [3.8, 4) is 0 Å². The van der Waals surface area contributed by atoms with E-state index >= 15 is 0 Å². The van der Waals surface area contributed by atoms with Gasteiger partial charge in [0.2, 0.25) is 0 Å². The molecular formula is C18H38NOP. The molecular weight excluding hydrogens is 277 g/mol. The lowest BCUT2D eigenvalue weighted by Gasteiger charge is -2.44. The SMILES string of the molecule is CC[C@@]1(C)C[C@@H](C)C(OP(C)N(C(C)C)C(C)C)C1(C)C. The fraction of sp³-hybridized carbons (Fsp3) is 1.00. The molecule has 3 heteroatoms. The molecule has 0 heterocycles. The van der Waals surface area contributed by atoms with Crippen molar-refractivity contribution in [1.29, 1.82) is 0 Å². The van der Waals surface area contributed by atoms with E-state index < -0.39 is 8.30 Å². The zero-order chi connectivity index (χ0) is 16.6. The van der Waals surface area contributed by atoms with Crippen LogP contribution in [-0.2, 0) is 4.52 Å². The second kappa shape index (κ2) is 6.85. The quantitative estimate of drug-likeness (QED) is 0.565. The maximum Gasteiger partial charge on any atom is 0.102 e. The van der Waals surface area contributed by atoms with Crippen LogP contribution < -0.4 is 0 Å². The Labute approximate surface area is 134 Å². The summed E-state index contributed by atoms with van der Waals surface area (Å²) < 4.78 is 9.25. The predicted molar refractivity (Wildman–Crippen MR) is 95.8 cm³/mol. The van der Waals surface area contributed by atoms with E-state index in [4.69, 9.17) is 4.52 Å². The Morgan fingerprint density at radius 2 is 1.62 bits per heavy atom. The smallest absolute Gasteiger partial charge is 0.102 e. The molecule has 4 atom stereocenters. The third-order valence-corrected chi connectivity index (χ3v) is 8.09. The van der Waals surface area contributed by atoms with Crippen molar-refractivity contribution in [2.24, 2.45) is 16.7 Å². The molecule has 0 aliphatic heterocycles. The summed E-state index contributed by atoms with van der Waals surface area (Å²) >= 11 is 0. The maximum atomic E-state index is 6.71. The number of hydrogen-bond acceptors (Lipinski definition) is 2. The lowest BCUT2D eigenvalue weighted by atomic mass is 9.67. The molecule has 0 N–H and O–H groups in total. The number of rotatable bonds is 6. The van der Waals surface area contributed by atoms with Gasteiger partial charge in [-0.2, -0.15) is 0 Å². The van der Waals surface area contributed by atoms with E-state index in [0.29, 0.717) is 29.5 Å². The van der Waals surface area contributed by atoms with E-state index in [-0.39, 0.29) is 5.41 Å². The highest BCUT2D eigenvalue weighted by molar-refractivity contribution is 7.49. The lowest BCUT2D eigenvalue weighted by molar-refractivity contribution is 0.0179. The van der Waals surface area contributed by atoms with Crippen molar-refractivity contribution in [3.63, 3.8) is 0 Å². The van der Waals surface area contributed by atoms with Gasteiger partial charge in [-0.05, 0) is 57.5 Å². The van der Waals surface area contributed by atoms with Gasteiger partial charge in [-0.25, -0.2) is 0 Å². The van der Waals surface area contributed by atoms with E-state index in [0.717, 1.165) is 0 Å². The molecule has 0 spiro atoms. The largest absolute Gasteiger partial charge is 0.340 e. The second-order valence-electron chi connectivity index (χ2n) is 8.38. The summed E-state index contributed by atoms with van der Waals surface area (Å²) in [5.74, 6) is 0.649. The second-order valence-corrected chi connectivity index (χ2v) is 9.98. The normalized spacial score (nSPS) is 34.1. The molecule has 0 saturated heterocycles. The van der Waals surface area contributed by atoms with Gasteiger partial charge in [0.15, 0.2) is 0 Å². The first kappa shape index (κ1) is 19.4. The Balaban J connectivity index is 2.91. The van der Waals surface area contributed by atoms with E-state index in [9.17, 15) is 0 Å². The summed E-state index contributed by atoms with van der Waals surface area (Å²) in [7, 11) is -0.532. The Morgan fingerprint density at radius 3 is 1.95 bits per heavy atom. The molecule has 2 unspecified atom stereocenters. The summed E-state index contributed by atoms with van der Waals surface area (Å²) in [4.78, 5) is 0. The van der Waals surface area contributed by atoms with E-state index in [1.807, 2.05) is 0 Å². The van der Waals surface area contributed by atoms with Crippen molar-refractivity contribution in [2.45, 2.75) is 93.3 Å². The van der Waals surface area contributed by atoms with E-state index in [1.165, 1.54) is 12.8 Å². The Hall–Kier alpha value is 0.350. The van der Waals surface area contributed by atoms with Crippen LogP contribution in [0.15, 0.2) is 0 Å². The molecule has 21 heavy (non-hydrogen) atoms. The van der Waals surface area contributed by atoms with Crippen molar-refractivity contribution in [3.05, 3.63) is 0 Å². The monoisotopic (exact) mass is 315 g/mol. The van der Waals surface area contributed by atoms with E-state index in [1.54, 1.807) is 0 Å². The van der Waals surface area contributed by atoms with Crippen LogP contribution in [0.3, 0.4) is 0 Å². The first-order valence-electron chi connectivity index (χ1n) is 8.66. The highest BCUT2D eigenvalue weighted by Crippen LogP contribution is 2.60. The summed E-state index contributed by atoms with van der Waals surface area (Å²) in [5, 5.41) is 0. The summed E-state index contributed by atoms with van der Waals surface area (Å²) in [6.07, 6.45) is 2.90. The minimum atomic E-state index is -0.532. The van der Waals surface area contributed by atoms with Crippen LogP contribution in [0.2, 0.25) is 0 Å². The van der Waals surface area contributed by atoms with Gasteiger partial charge in [0, 0.05) is 12.1 Å². The third-order valence-electron chi connectivity index (χ3n) is 5.99.